The lowest BCUT2D eigenvalue weighted by atomic mass is 10.0. The third kappa shape index (κ3) is 3.29. The second kappa shape index (κ2) is 7.03. The van der Waals surface area contributed by atoms with Gasteiger partial charge in [-0.2, -0.15) is 0 Å². The molecule has 3 heterocycles. The minimum absolute atomic E-state index is 0.000334. The van der Waals surface area contributed by atoms with Crippen LogP contribution in [0.25, 0.3) is 20.7 Å². The molecule has 4 rings (SSSR count). The van der Waals surface area contributed by atoms with E-state index in [9.17, 15) is 9.59 Å². The molecule has 1 saturated heterocycles. The average molecular weight is 367 g/mol. The Bertz CT molecular complexity index is 993. The van der Waals surface area contributed by atoms with Crippen LogP contribution < -0.4 is 5.56 Å². The van der Waals surface area contributed by atoms with E-state index in [1.807, 2.05) is 41.3 Å². The second-order valence-corrected chi connectivity index (χ2v) is 8.01. The number of thiophene rings is 1. The van der Waals surface area contributed by atoms with Crippen molar-refractivity contribution in [2.24, 2.45) is 5.92 Å². The third-order valence-corrected chi connectivity index (χ3v) is 6.04. The van der Waals surface area contributed by atoms with E-state index >= 15 is 0 Å². The monoisotopic (exact) mass is 367 g/mol. The summed E-state index contributed by atoms with van der Waals surface area (Å²) in [5.41, 5.74) is 1.62. The van der Waals surface area contributed by atoms with E-state index in [1.54, 1.807) is 0 Å². The van der Waals surface area contributed by atoms with Crippen molar-refractivity contribution in [1.82, 2.24) is 14.5 Å². The highest BCUT2D eigenvalue weighted by Crippen LogP contribution is 2.30. The van der Waals surface area contributed by atoms with Crippen LogP contribution in [0.3, 0.4) is 0 Å². The summed E-state index contributed by atoms with van der Waals surface area (Å²) >= 11 is 1.43. The fourth-order valence-corrected chi connectivity index (χ4v) is 4.53. The third-order valence-electron chi connectivity index (χ3n) is 4.88. The molecule has 1 atom stereocenters. The molecular formula is C20H21N3O2S. The zero-order valence-electron chi connectivity index (χ0n) is 14.7. The van der Waals surface area contributed by atoms with Crippen LogP contribution in [0.4, 0.5) is 0 Å². The summed E-state index contributed by atoms with van der Waals surface area (Å²) < 4.78 is 2.04. The molecule has 134 valence electrons. The fraction of sp³-hybridized carbons (Fsp3) is 0.350. The summed E-state index contributed by atoms with van der Waals surface area (Å²) in [5.74, 6) is 0.524. The van der Waals surface area contributed by atoms with Crippen LogP contribution in [0.5, 0.6) is 0 Å². The normalized spacial score (nSPS) is 17.6. The Kier molecular flexibility index (Phi) is 4.59. The minimum Gasteiger partial charge on any atom is -0.341 e. The smallest absolute Gasteiger partial charge is 0.271 e. The van der Waals surface area contributed by atoms with E-state index in [1.165, 1.54) is 22.2 Å². The summed E-state index contributed by atoms with van der Waals surface area (Å²) in [7, 11) is 0. The zero-order valence-corrected chi connectivity index (χ0v) is 15.5. The minimum atomic E-state index is -0.138. The summed E-state index contributed by atoms with van der Waals surface area (Å²) in [5, 5.41) is 0. The average Bonchev–Trinajstić information content (AvgIpc) is 3.10. The predicted octanol–water partition coefficient (Wildman–Crippen LogP) is 3.38. The van der Waals surface area contributed by atoms with Gasteiger partial charge in [0, 0.05) is 18.0 Å². The first-order valence-corrected chi connectivity index (χ1v) is 9.75. The molecule has 0 radical (unpaired) electrons. The molecule has 1 aliphatic rings. The highest BCUT2D eigenvalue weighted by molar-refractivity contribution is 7.22. The van der Waals surface area contributed by atoms with Crippen LogP contribution in [0.2, 0.25) is 0 Å². The van der Waals surface area contributed by atoms with E-state index < -0.39 is 0 Å². The van der Waals surface area contributed by atoms with Crippen LogP contribution in [0.15, 0.2) is 47.5 Å². The summed E-state index contributed by atoms with van der Waals surface area (Å²) in [6.07, 6.45) is 3.69. The maximum Gasteiger partial charge on any atom is 0.271 e. The number of rotatable bonds is 3. The van der Waals surface area contributed by atoms with Gasteiger partial charge in [-0.3, -0.25) is 14.2 Å². The number of benzene rings is 1. The van der Waals surface area contributed by atoms with Gasteiger partial charge in [-0.25, -0.2) is 4.98 Å². The Morgan fingerprint density at radius 3 is 2.88 bits per heavy atom. The Morgan fingerprint density at radius 2 is 2.12 bits per heavy atom. The molecule has 0 aliphatic carbocycles. The second-order valence-electron chi connectivity index (χ2n) is 6.96. The molecular weight excluding hydrogens is 346 g/mol. The van der Waals surface area contributed by atoms with Gasteiger partial charge in [0.2, 0.25) is 5.91 Å². The van der Waals surface area contributed by atoms with E-state index in [0.717, 1.165) is 36.4 Å². The number of fused-ring (bicyclic) bond motifs is 1. The van der Waals surface area contributed by atoms with E-state index in [-0.39, 0.29) is 18.0 Å². The van der Waals surface area contributed by atoms with Gasteiger partial charge < -0.3 is 4.90 Å². The maximum atomic E-state index is 12.8. The van der Waals surface area contributed by atoms with Crippen molar-refractivity contribution in [3.63, 3.8) is 0 Å². The highest BCUT2D eigenvalue weighted by Gasteiger charge is 2.21. The lowest BCUT2D eigenvalue weighted by Crippen LogP contribution is -2.42. The molecule has 1 aromatic carbocycles. The van der Waals surface area contributed by atoms with E-state index in [0.29, 0.717) is 16.1 Å². The molecule has 1 amide bonds. The summed E-state index contributed by atoms with van der Waals surface area (Å²) in [4.78, 5) is 32.7. The first-order valence-electron chi connectivity index (χ1n) is 8.94. The number of hydrogen-bond donors (Lipinski definition) is 0. The number of carbonyl (C=O) groups excluding carboxylic acids is 1. The molecule has 5 nitrogen and oxygen atoms in total. The van der Waals surface area contributed by atoms with E-state index in [2.05, 4.69) is 11.9 Å². The lowest BCUT2D eigenvalue weighted by molar-refractivity contribution is -0.133. The standard InChI is InChI=1S/C20H21N3O2S/c1-14-6-5-9-22(11-14)18(24)12-23-13-21-16-10-17(26-19(16)20(23)25)15-7-3-2-4-8-15/h2-4,7-8,10,13-14H,5-6,9,11-12H2,1H3/t14-/m0/s1. The number of nitrogens with zero attached hydrogens (tertiary/aromatic N) is 3. The summed E-state index contributed by atoms with van der Waals surface area (Å²) in [6, 6.07) is 11.9. The molecule has 0 saturated carbocycles. The van der Waals surface area contributed by atoms with Crippen molar-refractivity contribution < 1.29 is 4.79 Å². The quantitative estimate of drug-likeness (QED) is 0.713. The van der Waals surface area contributed by atoms with Gasteiger partial charge in [0.25, 0.3) is 5.56 Å². The Hall–Kier alpha value is -2.47. The van der Waals surface area contributed by atoms with E-state index in [4.69, 9.17) is 0 Å². The molecule has 0 bridgehead atoms. The van der Waals surface area contributed by atoms with Crippen LogP contribution in [0, 0.1) is 5.92 Å². The van der Waals surface area contributed by atoms with Crippen LogP contribution >= 0.6 is 11.3 Å². The molecule has 0 spiro atoms. The molecule has 6 heteroatoms. The van der Waals surface area contributed by atoms with Crippen LogP contribution in [0.1, 0.15) is 19.8 Å². The number of carbonyl (C=O) groups is 1. The number of hydrogen-bond acceptors (Lipinski definition) is 4. The van der Waals surface area contributed by atoms with Crippen molar-refractivity contribution in [1.29, 1.82) is 0 Å². The molecule has 1 fully saturated rings. The number of amides is 1. The predicted molar refractivity (Wildman–Crippen MR) is 104 cm³/mol. The molecule has 0 unspecified atom stereocenters. The molecule has 3 aromatic rings. The molecule has 0 N–H and O–H groups in total. The first kappa shape index (κ1) is 17.0. The Morgan fingerprint density at radius 1 is 1.31 bits per heavy atom. The van der Waals surface area contributed by atoms with Gasteiger partial charge in [0.15, 0.2) is 0 Å². The molecule has 2 aromatic heterocycles. The lowest BCUT2D eigenvalue weighted by Gasteiger charge is -2.31. The first-order chi connectivity index (χ1) is 12.6. The number of likely N-dealkylation sites (tertiary alicyclic amines) is 1. The Labute approximate surface area is 155 Å². The van der Waals surface area contributed by atoms with Crippen LogP contribution in [-0.2, 0) is 11.3 Å². The topological polar surface area (TPSA) is 55.2 Å². The van der Waals surface area contributed by atoms with Gasteiger partial charge in [0.1, 0.15) is 11.2 Å². The number of piperidine rings is 1. The SMILES string of the molecule is C[C@H]1CCCN(C(=O)Cn2cnc3cc(-c4ccccc4)sc3c2=O)C1. The van der Waals surface area contributed by atoms with Gasteiger partial charge in [-0.1, -0.05) is 37.3 Å². The summed E-state index contributed by atoms with van der Waals surface area (Å²) in [6.45, 7) is 3.79. The van der Waals surface area contributed by atoms with Crippen molar-refractivity contribution in [3.8, 4) is 10.4 Å². The van der Waals surface area contributed by atoms with Crippen molar-refractivity contribution in [3.05, 3.63) is 53.1 Å². The van der Waals surface area contributed by atoms with Crippen molar-refractivity contribution in [2.75, 3.05) is 13.1 Å². The largest absolute Gasteiger partial charge is 0.341 e. The maximum absolute atomic E-state index is 12.8. The van der Waals surface area contributed by atoms with Crippen molar-refractivity contribution in [2.45, 2.75) is 26.3 Å². The molecule has 26 heavy (non-hydrogen) atoms. The van der Waals surface area contributed by atoms with Crippen LogP contribution in [-0.4, -0.2) is 33.4 Å². The number of aromatic nitrogens is 2. The van der Waals surface area contributed by atoms with Gasteiger partial charge in [-0.05, 0) is 30.4 Å². The molecule has 1 aliphatic heterocycles. The zero-order chi connectivity index (χ0) is 18.1. The van der Waals surface area contributed by atoms with Gasteiger partial charge >= 0.3 is 0 Å². The highest BCUT2D eigenvalue weighted by atomic mass is 32.1. The Balaban J connectivity index is 1.61. The fourth-order valence-electron chi connectivity index (χ4n) is 3.46. The van der Waals surface area contributed by atoms with Gasteiger partial charge in [-0.15, -0.1) is 11.3 Å². The van der Waals surface area contributed by atoms with Crippen molar-refractivity contribution >= 4 is 27.5 Å². The van der Waals surface area contributed by atoms with Gasteiger partial charge in [0.05, 0.1) is 11.8 Å².